The molecule has 0 aromatic rings. The molecule has 2 saturated carbocycles. The fraction of sp³-hybridized carbons (Fsp3) is 0.826. The lowest BCUT2D eigenvalue weighted by atomic mass is 9.85. The van der Waals surface area contributed by atoms with Crippen molar-refractivity contribution < 1.29 is 42.6 Å². The van der Waals surface area contributed by atoms with Crippen molar-refractivity contribution in [1.82, 2.24) is 15.5 Å². The molecule has 1 saturated heterocycles. The van der Waals surface area contributed by atoms with Crippen LogP contribution >= 0.6 is 0 Å². The summed E-state index contributed by atoms with van der Waals surface area (Å²) in [4.78, 5) is 51.1. The first-order valence-corrected chi connectivity index (χ1v) is 11.8. The largest absolute Gasteiger partial charge is 0.479 e. The molecule has 3 rings (SSSR count). The van der Waals surface area contributed by atoms with Crippen molar-refractivity contribution in [2.24, 2.45) is 28.6 Å². The summed E-state index contributed by atoms with van der Waals surface area (Å²) in [7, 11) is 0. The van der Waals surface area contributed by atoms with Gasteiger partial charge in [-0.25, -0.2) is 4.79 Å². The van der Waals surface area contributed by atoms with Gasteiger partial charge in [0.2, 0.25) is 11.8 Å². The minimum atomic E-state index is -5.18. The average molecular weight is 506 g/mol. The molecule has 12 heteroatoms. The smallest absolute Gasteiger partial charge is 0.471 e. The van der Waals surface area contributed by atoms with Crippen LogP contribution < -0.4 is 10.6 Å². The van der Waals surface area contributed by atoms with E-state index in [9.17, 15) is 42.6 Å². The lowest BCUT2D eigenvalue weighted by Crippen LogP contribution is -2.61. The number of fused-ring (bicyclic) bond motifs is 1. The van der Waals surface area contributed by atoms with Gasteiger partial charge in [-0.15, -0.1) is 0 Å². The lowest BCUT2D eigenvalue weighted by molar-refractivity contribution is -0.176. The number of halogens is 3. The van der Waals surface area contributed by atoms with Crippen molar-refractivity contribution in [3.05, 3.63) is 0 Å². The normalized spacial score (nSPS) is 27.9. The molecule has 198 valence electrons. The van der Waals surface area contributed by atoms with Crippen LogP contribution in [0.5, 0.6) is 0 Å². The van der Waals surface area contributed by atoms with Crippen molar-refractivity contribution in [3.63, 3.8) is 0 Å². The maximum Gasteiger partial charge on any atom is 0.471 e. The van der Waals surface area contributed by atoms with Crippen molar-refractivity contribution in [1.29, 1.82) is 0 Å². The van der Waals surface area contributed by atoms with E-state index < -0.39 is 59.5 Å². The molecule has 35 heavy (non-hydrogen) atoms. The number of carbonyl (C=O) groups is 4. The third-order valence-electron chi connectivity index (χ3n) is 7.65. The number of nitrogens with one attached hydrogen (secondary N) is 2. The van der Waals surface area contributed by atoms with Crippen LogP contribution in [0.2, 0.25) is 0 Å². The number of rotatable bonds is 8. The molecule has 1 heterocycles. The maximum absolute atomic E-state index is 13.5. The van der Waals surface area contributed by atoms with Crippen molar-refractivity contribution in [2.75, 3.05) is 6.54 Å². The van der Waals surface area contributed by atoms with E-state index in [2.05, 4.69) is 5.32 Å². The number of alkyl halides is 3. The molecule has 9 nitrogen and oxygen atoms in total. The molecule has 3 amide bonds. The minimum absolute atomic E-state index is 0.0765. The molecule has 4 N–H and O–H groups in total. The molecule has 2 aliphatic carbocycles. The molecule has 3 fully saturated rings. The van der Waals surface area contributed by atoms with E-state index in [1.54, 1.807) is 5.32 Å². The summed E-state index contributed by atoms with van der Waals surface area (Å²) in [6.45, 7) is 8.50. The summed E-state index contributed by atoms with van der Waals surface area (Å²) in [5.41, 5.74) is -1.39. The van der Waals surface area contributed by atoms with Crippen LogP contribution in [-0.2, 0) is 19.2 Å². The number of carboxylic acid groups (broad SMARTS) is 1. The molecular formula is C23H34F3N3O6. The number of carboxylic acids is 1. The van der Waals surface area contributed by atoms with E-state index >= 15 is 0 Å². The number of aliphatic hydroxyl groups is 1. The first kappa shape index (κ1) is 27.2. The number of hydrogen-bond donors (Lipinski definition) is 4. The predicted octanol–water partition coefficient (Wildman–Crippen LogP) is 1.29. The molecule has 0 aromatic carbocycles. The van der Waals surface area contributed by atoms with Gasteiger partial charge in [-0.2, -0.15) is 13.2 Å². The first-order chi connectivity index (χ1) is 15.9. The van der Waals surface area contributed by atoms with Gasteiger partial charge < -0.3 is 25.7 Å². The molecule has 0 spiro atoms. The van der Waals surface area contributed by atoms with Gasteiger partial charge in [-0.05, 0) is 35.0 Å². The van der Waals surface area contributed by atoms with Gasteiger partial charge in [0.1, 0.15) is 12.1 Å². The fourth-order valence-corrected chi connectivity index (χ4v) is 5.26. The molecular weight excluding hydrogens is 471 g/mol. The van der Waals surface area contributed by atoms with Crippen LogP contribution in [0.4, 0.5) is 13.2 Å². The zero-order chi connectivity index (χ0) is 26.7. The number of aliphatic carboxylic acids is 1. The van der Waals surface area contributed by atoms with E-state index in [4.69, 9.17) is 0 Å². The first-order valence-electron chi connectivity index (χ1n) is 11.8. The number of piperidine rings is 1. The van der Waals surface area contributed by atoms with Gasteiger partial charge in [0.15, 0.2) is 6.10 Å². The Balaban J connectivity index is 1.85. The summed E-state index contributed by atoms with van der Waals surface area (Å²) in [6.07, 6.45) is -5.03. The Hall–Kier alpha value is -2.37. The maximum atomic E-state index is 13.5. The highest BCUT2D eigenvalue weighted by atomic mass is 19.4. The Morgan fingerprint density at radius 3 is 2.11 bits per heavy atom. The summed E-state index contributed by atoms with van der Waals surface area (Å²) >= 11 is 0. The zero-order valence-corrected chi connectivity index (χ0v) is 20.5. The molecule has 3 unspecified atom stereocenters. The van der Waals surface area contributed by atoms with E-state index in [-0.39, 0.29) is 36.1 Å². The second-order valence-corrected chi connectivity index (χ2v) is 11.7. The Kier molecular flexibility index (Phi) is 6.95. The third kappa shape index (κ3) is 5.57. The van der Waals surface area contributed by atoms with Crippen LogP contribution in [-0.4, -0.2) is 75.8 Å². The monoisotopic (exact) mass is 505 g/mol. The molecule has 6 atom stereocenters. The summed E-state index contributed by atoms with van der Waals surface area (Å²) in [6, 6.07) is -3.66. The number of likely N-dealkylation sites (tertiary alicyclic amines) is 1. The molecule has 0 bridgehead atoms. The Morgan fingerprint density at radius 1 is 1.09 bits per heavy atom. The zero-order valence-electron chi connectivity index (χ0n) is 20.5. The van der Waals surface area contributed by atoms with Crippen LogP contribution in [0.1, 0.15) is 53.9 Å². The van der Waals surface area contributed by atoms with Crippen LogP contribution in [0, 0.1) is 28.6 Å². The van der Waals surface area contributed by atoms with E-state index in [0.29, 0.717) is 0 Å². The lowest BCUT2D eigenvalue weighted by Gasteiger charge is -2.38. The summed E-state index contributed by atoms with van der Waals surface area (Å²) in [5, 5.41) is 23.8. The summed E-state index contributed by atoms with van der Waals surface area (Å²) < 4.78 is 38.8. The Morgan fingerprint density at radius 2 is 1.66 bits per heavy atom. The Labute approximate surface area is 201 Å². The summed E-state index contributed by atoms with van der Waals surface area (Å²) in [5.74, 6) is -5.37. The standard InChI is InChI=1S/C23H34F3N3O6/c1-21(2,3)16(28-20(35)23(24,25)26)18(32)29-9-11-13(22(11,4)5)14(29)17(31)27-12(8-10-6-7-10)15(30)19(33)34/h10-16,30H,6-9H2,1-5H3,(H,27,31)(H,28,35)(H,33,34)/t11-,12?,13-,14-,15?,16?/m0/s1. The van der Waals surface area contributed by atoms with Gasteiger partial charge >= 0.3 is 18.1 Å². The Bertz CT molecular complexity index is 896. The van der Waals surface area contributed by atoms with Gasteiger partial charge in [0, 0.05) is 6.54 Å². The molecule has 0 aromatic heterocycles. The van der Waals surface area contributed by atoms with Gasteiger partial charge in [-0.3, -0.25) is 14.4 Å². The van der Waals surface area contributed by atoms with Crippen molar-refractivity contribution in [3.8, 4) is 0 Å². The number of carbonyl (C=O) groups excluding carboxylic acids is 3. The van der Waals surface area contributed by atoms with E-state index in [0.717, 1.165) is 12.8 Å². The van der Waals surface area contributed by atoms with Gasteiger partial charge in [-0.1, -0.05) is 47.5 Å². The predicted molar refractivity (Wildman–Crippen MR) is 117 cm³/mol. The molecule has 0 radical (unpaired) electrons. The second-order valence-electron chi connectivity index (χ2n) is 11.7. The van der Waals surface area contributed by atoms with E-state index in [1.807, 2.05) is 13.8 Å². The van der Waals surface area contributed by atoms with Crippen molar-refractivity contribution >= 4 is 23.7 Å². The van der Waals surface area contributed by atoms with E-state index in [1.165, 1.54) is 25.7 Å². The highest BCUT2D eigenvalue weighted by molar-refractivity contribution is 5.95. The number of nitrogens with zero attached hydrogens (tertiary/aromatic N) is 1. The topological polar surface area (TPSA) is 136 Å². The fourth-order valence-electron chi connectivity index (χ4n) is 5.26. The average Bonchev–Trinajstić information content (AvgIpc) is 3.55. The quantitative estimate of drug-likeness (QED) is 0.393. The van der Waals surface area contributed by atoms with Crippen molar-refractivity contribution in [2.45, 2.75) is 84.3 Å². The third-order valence-corrected chi connectivity index (χ3v) is 7.65. The highest BCUT2D eigenvalue weighted by Gasteiger charge is 2.70. The SMILES string of the molecule is CC(C)(C)C(NC(=O)C(F)(F)F)C(=O)N1C[C@H]2[C@@H]([C@H]1C(=O)NC(CC1CC1)C(O)C(=O)O)C2(C)C. The van der Waals surface area contributed by atoms with Crippen LogP contribution in [0.15, 0.2) is 0 Å². The molecule has 3 aliphatic rings. The number of aliphatic hydroxyl groups excluding tert-OH is 1. The highest BCUT2D eigenvalue weighted by Crippen LogP contribution is 2.65. The minimum Gasteiger partial charge on any atom is -0.479 e. The second kappa shape index (κ2) is 8.94. The number of amides is 3. The van der Waals surface area contributed by atoms with Crippen LogP contribution in [0.3, 0.4) is 0 Å². The van der Waals surface area contributed by atoms with Crippen LogP contribution in [0.25, 0.3) is 0 Å². The number of hydrogen-bond acceptors (Lipinski definition) is 5. The van der Waals surface area contributed by atoms with Gasteiger partial charge in [0.25, 0.3) is 0 Å². The molecule has 1 aliphatic heterocycles. The van der Waals surface area contributed by atoms with Gasteiger partial charge in [0.05, 0.1) is 6.04 Å².